The molecule has 0 radical (unpaired) electrons. The van der Waals surface area contributed by atoms with Gasteiger partial charge in [0, 0.05) is 25.7 Å². The van der Waals surface area contributed by atoms with Crippen LogP contribution in [0.4, 0.5) is 0 Å². The van der Waals surface area contributed by atoms with E-state index in [1.165, 1.54) is 128 Å². The molecule has 5 atom stereocenters. The number of hydrogen-bond acceptors (Lipinski definition) is 15. The van der Waals surface area contributed by atoms with Crippen molar-refractivity contribution in [2.75, 3.05) is 39.6 Å². The molecule has 0 spiro atoms. The summed E-state index contributed by atoms with van der Waals surface area (Å²) in [6.45, 7) is 7.13. The zero-order valence-corrected chi connectivity index (χ0v) is 54.4. The van der Waals surface area contributed by atoms with Crippen LogP contribution in [0, 0.1) is 5.92 Å². The van der Waals surface area contributed by atoms with Crippen LogP contribution in [-0.2, 0) is 65.4 Å². The monoisotopic (exact) mass is 1210 g/mol. The van der Waals surface area contributed by atoms with Crippen molar-refractivity contribution in [3.05, 3.63) is 0 Å². The Labute approximate surface area is 498 Å². The van der Waals surface area contributed by atoms with Crippen molar-refractivity contribution in [1.29, 1.82) is 0 Å². The number of aliphatic hydroxyl groups is 1. The van der Waals surface area contributed by atoms with Gasteiger partial charge in [0.25, 0.3) is 0 Å². The van der Waals surface area contributed by atoms with Gasteiger partial charge < -0.3 is 33.8 Å². The van der Waals surface area contributed by atoms with Crippen molar-refractivity contribution in [3.63, 3.8) is 0 Å². The van der Waals surface area contributed by atoms with Crippen molar-refractivity contribution in [3.8, 4) is 0 Å². The molecule has 2 unspecified atom stereocenters. The average Bonchev–Trinajstić information content (AvgIpc) is 3.44. The number of carbonyl (C=O) groups excluding carboxylic acids is 4. The van der Waals surface area contributed by atoms with Gasteiger partial charge in [0.15, 0.2) is 12.2 Å². The standard InChI is InChI=1S/C63H122O17P2/c1-6-9-12-15-18-20-21-22-23-28-32-37-42-47-61(66)74-53-59(80-63(68)49-44-39-34-29-25-24-27-31-35-40-45-56(4)5)55-78-82(71,72)76-51-57(64)50-75-81(69,70)77-54-58(52-73-60(65)46-41-36-30-17-14-11-8-3)79-62(67)48-43-38-33-26-19-16-13-10-7-2/h56-59,64H,6-55H2,1-5H3,(H,69,70)(H,71,72)/t57-,58+,59+/m0/s1. The van der Waals surface area contributed by atoms with Crippen molar-refractivity contribution in [2.45, 2.75) is 335 Å². The lowest BCUT2D eigenvalue weighted by molar-refractivity contribution is -0.161. The van der Waals surface area contributed by atoms with Gasteiger partial charge >= 0.3 is 39.5 Å². The van der Waals surface area contributed by atoms with E-state index in [1.54, 1.807) is 0 Å². The molecule has 19 heteroatoms. The number of phosphoric ester groups is 2. The summed E-state index contributed by atoms with van der Waals surface area (Å²) in [5.74, 6) is -1.39. The van der Waals surface area contributed by atoms with Gasteiger partial charge in [-0.3, -0.25) is 37.3 Å². The van der Waals surface area contributed by atoms with Crippen molar-refractivity contribution in [2.24, 2.45) is 5.92 Å². The lowest BCUT2D eigenvalue weighted by atomic mass is 10.0. The lowest BCUT2D eigenvalue weighted by Crippen LogP contribution is -2.30. The second kappa shape index (κ2) is 56.8. The fourth-order valence-electron chi connectivity index (χ4n) is 9.41. The molecule has 17 nitrogen and oxygen atoms in total. The second-order valence-corrected chi connectivity index (χ2v) is 26.2. The summed E-state index contributed by atoms with van der Waals surface area (Å²) >= 11 is 0. The highest BCUT2D eigenvalue weighted by molar-refractivity contribution is 7.47. The summed E-state index contributed by atoms with van der Waals surface area (Å²) in [5, 5.41) is 10.5. The van der Waals surface area contributed by atoms with Gasteiger partial charge in [0.1, 0.15) is 19.3 Å². The van der Waals surface area contributed by atoms with E-state index in [0.717, 1.165) is 109 Å². The quantitative estimate of drug-likeness (QED) is 0.0222. The number of rotatable bonds is 63. The van der Waals surface area contributed by atoms with Crippen molar-refractivity contribution in [1.82, 2.24) is 0 Å². The molecule has 0 saturated heterocycles. The molecule has 0 fully saturated rings. The topological polar surface area (TPSA) is 237 Å². The van der Waals surface area contributed by atoms with Crippen LogP contribution in [0.2, 0.25) is 0 Å². The van der Waals surface area contributed by atoms with E-state index >= 15 is 0 Å². The molecule has 0 amide bonds. The number of phosphoric acid groups is 2. The maximum Gasteiger partial charge on any atom is 0.472 e. The Bertz CT molecular complexity index is 1600. The largest absolute Gasteiger partial charge is 0.472 e. The summed E-state index contributed by atoms with van der Waals surface area (Å²) in [6.07, 6.45) is 40.4. The lowest BCUT2D eigenvalue weighted by Gasteiger charge is -2.21. The molecule has 0 aromatic carbocycles. The van der Waals surface area contributed by atoms with Crippen LogP contribution in [0.15, 0.2) is 0 Å². The van der Waals surface area contributed by atoms with E-state index in [-0.39, 0.29) is 25.7 Å². The Morgan fingerprint density at radius 3 is 0.829 bits per heavy atom. The maximum atomic E-state index is 13.0. The molecule has 0 aliphatic rings. The highest BCUT2D eigenvalue weighted by atomic mass is 31.2. The first-order chi connectivity index (χ1) is 39.5. The van der Waals surface area contributed by atoms with E-state index in [2.05, 4.69) is 34.6 Å². The second-order valence-electron chi connectivity index (χ2n) is 23.3. The Morgan fingerprint density at radius 2 is 0.561 bits per heavy atom. The molecule has 0 heterocycles. The van der Waals surface area contributed by atoms with E-state index in [4.69, 9.17) is 37.0 Å². The SMILES string of the molecule is CCCCCCCCCCCCCCCC(=O)OC[C@H](COP(=O)(O)OC[C@@H](O)COP(=O)(O)OC[C@@H](COC(=O)CCCCCCCCC)OC(=O)CCCCCCCCCCC)OC(=O)CCCCCCCCCCCCC(C)C. The molecule has 486 valence electrons. The van der Waals surface area contributed by atoms with Gasteiger partial charge in [-0.1, -0.05) is 266 Å². The Hall–Kier alpha value is -1.94. The van der Waals surface area contributed by atoms with Crippen LogP contribution in [0.1, 0.15) is 317 Å². The average molecular weight is 1210 g/mol. The smallest absolute Gasteiger partial charge is 0.462 e. The summed E-state index contributed by atoms with van der Waals surface area (Å²) in [4.78, 5) is 72.0. The zero-order chi connectivity index (χ0) is 60.6. The third kappa shape index (κ3) is 57.2. The molecule has 0 saturated carbocycles. The van der Waals surface area contributed by atoms with Crippen LogP contribution < -0.4 is 0 Å². The number of ether oxygens (including phenoxy) is 4. The fraction of sp³-hybridized carbons (Fsp3) is 0.937. The number of unbranched alkanes of at least 4 members (excludes halogenated alkanes) is 35. The molecular weight excluding hydrogens is 1090 g/mol. The minimum Gasteiger partial charge on any atom is -0.462 e. The molecule has 0 aromatic rings. The third-order valence-corrected chi connectivity index (χ3v) is 16.4. The molecule has 82 heavy (non-hydrogen) atoms. The first-order valence-corrected chi connectivity index (χ1v) is 36.1. The van der Waals surface area contributed by atoms with Gasteiger partial charge in [0.2, 0.25) is 0 Å². The Morgan fingerprint density at radius 1 is 0.329 bits per heavy atom. The van der Waals surface area contributed by atoms with Crippen LogP contribution >= 0.6 is 15.6 Å². The van der Waals surface area contributed by atoms with E-state index in [9.17, 15) is 43.2 Å². The van der Waals surface area contributed by atoms with Crippen LogP contribution in [0.3, 0.4) is 0 Å². The van der Waals surface area contributed by atoms with E-state index in [1.807, 2.05) is 0 Å². The normalized spacial score (nSPS) is 14.3. The van der Waals surface area contributed by atoms with Crippen LogP contribution in [0.5, 0.6) is 0 Å². The highest BCUT2D eigenvalue weighted by Gasteiger charge is 2.30. The number of carbonyl (C=O) groups is 4. The predicted octanol–water partition coefficient (Wildman–Crippen LogP) is 17.4. The number of aliphatic hydroxyl groups excluding tert-OH is 1. The fourth-order valence-corrected chi connectivity index (χ4v) is 11.0. The predicted molar refractivity (Wildman–Crippen MR) is 326 cm³/mol. The minimum absolute atomic E-state index is 0.105. The highest BCUT2D eigenvalue weighted by Crippen LogP contribution is 2.45. The van der Waals surface area contributed by atoms with E-state index in [0.29, 0.717) is 25.7 Å². The Balaban J connectivity index is 5.21. The number of esters is 4. The van der Waals surface area contributed by atoms with Crippen LogP contribution in [0.25, 0.3) is 0 Å². The van der Waals surface area contributed by atoms with Gasteiger partial charge in [-0.15, -0.1) is 0 Å². The molecule has 0 aliphatic heterocycles. The molecule has 0 rings (SSSR count). The van der Waals surface area contributed by atoms with Gasteiger partial charge in [-0.2, -0.15) is 0 Å². The van der Waals surface area contributed by atoms with Gasteiger partial charge in [-0.25, -0.2) is 9.13 Å². The van der Waals surface area contributed by atoms with Crippen LogP contribution in [-0.4, -0.2) is 96.7 Å². The third-order valence-electron chi connectivity index (χ3n) is 14.5. The van der Waals surface area contributed by atoms with Crippen molar-refractivity contribution < 1.29 is 80.2 Å². The van der Waals surface area contributed by atoms with Gasteiger partial charge in [-0.05, 0) is 31.6 Å². The summed E-state index contributed by atoms with van der Waals surface area (Å²) in [5.41, 5.74) is 0. The van der Waals surface area contributed by atoms with Gasteiger partial charge in [0.05, 0.1) is 26.4 Å². The minimum atomic E-state index is -4.94. The molecule has 0 bridgehead atoms. The first-order valence-electron chi connectivity index (χ1n) is 33.1. The Kier molecular flexibility index (Phi) is 55.5. The summed E-state index contributed by atoms with van der Waals surface area (Å²) < 4.78 is 67.8. The number of hydrogen-bond donors (Lipinski definition) is 3. The summed E-state index contributed by atoms with van der Waals surface area (Å²) in [7, 11) is -9.88. The molecule has 0 aromatic heterocycles. The maximum absolute atomic E-state index is 13.0. The van der Waals surface area contributed by atoms with E-state index < -0.39 is 97.5 Å². The molecule has 3 N–H and O–H groups in total. The summed E-state index contributed by atoms with van der Waals surface area (Å²) in [6, 6.07) is 0. The molecule has 0 aliphatic carbocycles. The van der Waals surface area contributed by atoms with Crippen molar-refractivity contribution >= 4 is 39.5 Å². The first kappa shape index (κ1) is 80.1. The molecular formula is C63H122O17P2. The zero-order valence-electron chi connectivity index (χ0n) is 52.6.